The molecule has 0 fully saturated rings. The number of hydrogen-bond acceptors (Lipinski definition) is 3. The Bertz CT molecular complexity index is 418. The third kappa shape index (κ3) is 3.34. The third-order valence-electron chi connectivity index (χ3n) is 1.96. The minimum Gasteiger partial charge on any atom is -0.483 e. The number of hydrogen-bond donors (Lipinski definition) is 1. The number of likely N-dealkylation sites (N-methyl/N-ethyl adjacent to an activating group) is 1. The van der Waals surface area contributed by atoms with Crippen LogP contribution in [0.3, 0.4) is 0 Å². The predicted octanol–water partition coefficient (Wildman–Crippen LogP) is 1.78. The first-order valence-electron chi connectivity index (χ1n) is 4.68. The quantitative estimate of drug-likeness (QED) is 0.858. The van der Waals surface area contributed by atoms with E-state index in [1.807, 2.05) is 0 Å². The van der Waals surface area contributed by atoms with E-state index in [0.29, 0.717) is 11.3 Å². The van der Waals surface area contributed by atoms with E-state index in [4.69, 9.17) is 4.74 Å². The van der Waals surface area contributed by atoms with Gasteiger partial charge in [0.15, 0.2) is 12.4 Å². The highest BCUT2D eigenvalue weighted by atomic mass is 79.9. The van der Waals surface area contributed by atoms with Crippen LogP contribution in [0.2, 0.25) is 0 Å². The fraction of sp³-hybridized carbons (Fsp3) is 0.273. The van der Waals surface area contributed by atoms with Crippen molar-refractivity contribution in [3.8, 4) is 5.75 Å². The van der Waals surface area contributed by atoms with Gasteiger partial charge in [-0.25, -0.2) is 0 Å². The van der Waals surface area contributed by atoms with Gasteiger partial charge in [-0.3, -0.25) is 9.59 Å². The second kappa shape index (κ2) is 5.65. The molecule has 1 aromatic carbocycles. The van der Waals surface area contributed by atoms with Gasteiger partial charge >= 0.3 is 0 Å². The number of nitrogens with one attached hydrogen (secondary N) is 1. The second-order valence-electron chi connectivity index (χ2n) is 3.16. The van der Waals surface area contributed by atoms with Crippen LogP contribution >= 0.6 is 15.9 Å². The third-order valence-corrected chi connectivity index (χ3v) is 2.45. The molecule has 0 bridgehead atoms. The van der Waals surface area contributed by atoms with Crippen LogP contribution in [-0.2, 0) is 4.79 Å². The van der Waals surface area contributed by atoms with Crippen molar-refractivity contribution < 1.29 is 14.3 Å². The molecule has 4 nitrogen and oxygen atoms in total. The molecule has 0 saturated heterocycles. The average molecular weight is 286 g/mol. The molecule has 0 aromatic heterocycles. The Morgan fingerprint density at radius 3 is 2.69 bits per heavy atom. The SMILES string of the molecule is CNC(=O)COc1cc(Br)ccc1C(C)=O. The highest BCUT2D eigenvalue weighted by molar-refractivity contribution is 9.10. The molecule has 0 saturated carbocycles. The highest BCUT2D eigenvalue weighted by Gasteiger charge is 2.10. The van der Waals surface area contributed by atoms with Gasteiger partial charge in [-0.15, -0.1) is 0 Å². The molecular weight excluding hydrogens is 274 g/mol. The number of ketones is 1. The van der Waals surface area contributed by atoms with Gasteiger partial charge in [0.1, 0.15) is 5.75 Å². The van der Waals surface area contributed by atoms with Crippen LogP contribution in [0.25, 0.3) is 0 Å². The zero-order chi connectivity index (χ0) is 12.1. The molecule has 16 heavy (non-hydrogen) atoms. The zero-order valence-electron chi connectivity index (χ0n) is 9.04. The summed E-state index contributed by atoms with van der Waals surface area (Å²) in [6, 6.07) is 5.08. The standard InChI is InChI=1S/C11H12BrNO3/c1-7(14)9-4-3-8(12)5-10(9)16-6-11(15)13-2/h3-5H,6H2,1-2H3,(H,13,15). The molecule has 5 heteroatoms. The molecule has 0 unspecified atom stereocenters. The molecule has 0 atom stereocenters. The molecule has 1 N–H and O–H groups in total. The largest absolute Gasteiger partial charge is 0.483 e. The van der Waals surface area contributed by atoms with Gasteiger partial charge in [-0.05, 0) is 25.1 Å². The minimum atomic E-state index is -0.241. The number of ether oxygens (including phenoxy) is 1. The van der Waals surface area contributed by atoms with Gasteiger partial charge in [-0.1, -0.05) is 15.9 Å². The fourth-order valence-corrected chi connectivity index (χ4v) is 1.46. The van der Waals surface area contributed by atoms with Crippen LogP contribution < -0.4 is 10.1 Å². The van der Waals surface area contributed by atoms with Gasteiger partial charge in [0.25, 0.3) is 5.91 Å². The van der Waals surface area contributed by atoms with E-state index in [9.17, 15) is 9.59 Å². The van der Waals surface area contributed by atoms with Crippen LogP contribution in [0.5, 0.6) is 5.75 Å². The van der Waals surface area contributed by atoms with E-state index in [0.717, 1.165) is 4.47 Å². The Labute approximate surface area is 102 Å². The summed E-state index contributed by atoms with van der Waals surface area (Å²) in [7, 11) is 1.53. The molecule has 0 radical (unpaired) electrons. The van der Waals surface area contributed by atoms with Crippen molar-refractivity contribution in [3.05, 3.63) is 28.2 Å². The molecule has 0 aliphatic carbocycles. The summed E-state index contributed by atoms with van der Waals surface area (Å²) in [4.78, 5) is 22.3. The van der Waals surface area contributed by atoms with E-state index in [1.54, 1.807) is 18.2 Å². The zero-order valence-corrected chi connectivity index (χ0v) is 10.6. The summed E-state index contributed by atoms with van der Waals surface area (Å²) in [5.74, 6) is 0.0689. The molecule has 1 aromatic rings. The maximum Gasteiger partial charge on any atom is 0.257 e. The molecule has 0 aliphatic rings. The molecular formula is C11H12BrNO3. The lowest BCUT2D eigenvalue weighted by atomic mass is 10.1. The lowest BCUT2D eigenvalue weighted by Gasteiger charge is -2.09. The topological polar surface area (TPSA) is 55.4 Å². The van der Waals surface area contributed by atoms with Crippen molar-refractivity contribution in [2.75, 3.05) is 13.7 Å². The first-order valence-corrected chi connectivity index (χ1v) is 5.47. The predicted molar refractivity (Wildman–Crippen MR) is 63.7 cm³/mol. The van der Waals surface area contributed by atoms with Gasteiger partial charge in [0.2, 0.25) is 0 Å². The van der Waals surface area contributed by atoms with Crippen LogP contribution in [0.15, 0.2) is 22.7 Å². The van der Waals surface area contributed by atoms with Gasteiger partial charge in [-0.2, -0.15) is 0 Å². The number of Topliss-reactive ketones (excluding diaryl/α,β-unsaturated/α-hetero) is 1. The Morgan fingerprint density at radius 2 is 2.12 bits per heavy atom. The van der Waals surface area contributed by atoms with E-state index < -0.39 is 0 Å². The number of halogens is 1. The fourth-order valence-electron chi connectivity index (χ4n) is 1.12. The first kappa shape index (κ1) is 12.7. The van der Waals surface area contributed by atoms with Gasteiger partial charge < -0.3 is 10.1 Å². The van der Waals surface area contributed by atoms with E-state index >= 15 is 0 Å². The molecule has 1 amide bonds. The van der Waals surface area contributed by atoms with Crippen molar-refractivity contribution in [3.63, 3.8) is 0 Å². The maximum atomic E-state index is 11.3. The van der Waals surface area contributed by atoms with Gasteiger partial charge in [0.05, 0.1) is 5.56 Å². The summed E-state index contributed by atoms with van der Waals surface area (Å²) in [6.45, 7) is 1.35. The number of carbonyl (C=O) groups is 2. The summed E-state index contributed by atoms with van der Waals surface area (Å²) in [6.07, 6.45) is 0. The molecule has 86 valence electrons. The van der Waals surface area contributed by atoms with Crippen LogP contribution in [-0.4, -0.2) is 25.3 Å². The molecule has 0 aliphatic heterocycles. The van der Waals surface area contributed by atoms with Gasteiger partial charge in [0, 0.05) is 11.5 Å². The Kier molecular flexibility index (Phi) is 4.49. The Morgan fingerprint density at radius 1 is 1.44 bits per heavy atom. The molecule has 1 rings (SSSR count). The summed E-state index contributed by atoms with van der Waals surface area (Å²) < 4.78 is 6.06. The smallest absolute Gasteiger partial charge is 0.257 e. The molecule has 0 heterocycles. The monoisotopic (exact) mass is 285 g/mol. The number of amides is 1. The van der Waals surface area contributed by atoms with E-state index in [2.05, 4.69) is 21.2 Å². The lowest BCUT2D eigenvalue weighted by molar-refractivity contribution is -0.122. The van der Waals surface area contributed by atoms with Crippen molar-refractivity contribution >= 4 is 27.6 Å². The summed E-state index contributed by atoms with van der Waals surface area (Å²) >= 11 is 3.28. The average Bonchev–Trinajstić information content (AvgIpc) is 2.25. The number of carbonyl (C=O) groups excluding carboxylic acids is 2. The Hall–Kier alpha value is -1.36. The van der Waals surface area contributed by atoms with E-state index in [1.165, 1.54) is 14.0 Å². The van der Waals surface area contributed by atoms with E-state index in [-0.39, 0.29) is 18.3 Å². The number of rotatable bonds is 4. The highest BCUT2D eigenvalue weighted by Crippen LogP contribution is 2.24. The first-order chi connectivity index (χ1) is 7.54. The van der Waals surface area contributed by atoms with Crippen molar-refractivity contribution in [2.24, 2.45) is 0 Å². The van der Waals surface area contributed by atoms with Crippen LogP contribution in [0.4, 0.5) is 0 Å². The molecule has 0 spiro atoms. The van der Waals surface area contributed by atoms with Crippen molar-refractivity contribution in [2.45, 2.75) is 6.92 Å². The van der Waals surface area contributed by atoms with Crippen molar-refractivity contribution in [1.82, 2.24) is 5.32 Å². The number of benzene rings is 1. The second-order valence-corrected chi connectivity index (χ2v) is 4.07. The maximum absolute atomic E-state index is 11.3. The Balaban J connectivity index is 2.88. The minimum absolute atomic E-state index is 0.0978. The summed E-state index contributed by atoms with van der Waals surface area (Å²) in [5.41, 5.74) is 0.465. The normalized spacial score (nSPS) is 9.69. The van der Waals surface area contributed by atoms with Crippen molar-refractivity contribution in [1.29, 1.82) is 0 Å². The van der Waals surface area contributed by atoms with Crippen LogP contribution in [0.1, 0.15) is 17.3 Å². The summed E-state index contributed by atoms with van der Waals surface area (Å²) in [5, 5.41) is 2.44. The van der Waals surface area contributed by atoms with Crippen LogP contribution in [0, 0.1) is 0 Å². The lowest BCUT2D eigenvalue weighted by Crippen LogP contribution is -2.25.